The van der Waals surface area contributed by atoms with Gasteiger partial charge in [-0.3, -0.25) is 9.36 Å². The number of thiophene rings is 1. The molecule has 3 aromatic rings. The second kappa shape index (κ2) is 8.60. The van der Waals surface area contributed by atoms with E-state index in [1.807, 2.05) is 12.1 Å². The van der Waals surface area contributed by atoms with Gasteiger partial charge in [0.25, 0.3) is 5.56 Å². The van der Waals surface area contributed by atoms with E-state index in [9.17, 15) is 4.79 Å². The van der Waals surface area contributed by atoms with E-state index in [1.165, 1.54) is 16.0 Å². The lowest BCUT2D eigenvalue weighted by atomic mass is 9.87. The Morgan fingerprint density at radius 3 is 2.73 bits per heavy atom. The number of ether oxygens (including phenoxy) is 1. The number of aromatic nitrogens is 2. The zero-order valence-electron chi connectivity index (χ0n) is 17.9. The molecule has 6 heteroatoms. The molecule has 30 heavy (non-hydrogen) atoms. The summed E-state index contributed by atoms with van der Waals surface area (Å²) in [4.78, 5) is 20.2. The van der Waals surface area contributed by atoms with Crippen molar-refractivity contribution in [2.75, 3.05) is 12.4 Å². The van der Waals surface area contributed by atoms with Gasteiger partial charge < -0.3 is 4.74 Å². The lowest BCUT2D eigenvalue weighted by Crippen LogP contribution is -2.23. The van der Waals surface area contributed by atoms with Crippen molar-refractivity contribution in [3.63, 3.8) is 0 Å². The molecule has 4 nitrogen and oxygen atoms in total. The Bertz CT molecular complexity index is 1120. The summed E-state index contributed by atoms with van der Waals surface area (Å²) in [5, 5.41) is 1.58. The van der Waals surface area contributed by atoms with Gasteiger partial charge in [0.15, 0.2) is 5.16 Å². The largest absolute Gasteiger partial charge is 0.493 e. The summed E-state index contributed by atoms with van der Waals surface area (Å²) < 4.78 is 7.66. The fourth-order valence-electron chi connectivity index (χ4n) is 3.80. The molecule has 0 unspecified atom stereocenters. The Kier molecular flexibility index (Phi) is 6.07. The topological polar surface area (TPSA) is 44.1 Å². The van der Waals surface area contributed by atoms with Gasteiger partial charge in [-0.1, -0.05) is 50.7 Å². The maximum absolute atomic E-state index is 13.2. The third-order valence-electron chi connectivity index (χ3n) is 5.41. The molecule has 2 aromatic heterocycles. The van der Waals surface area contributed by atoms with Crippen LogP contribution in [0.2, 0.25) is 0 Å². The summed E-state index contributed by atoms with van der Waals surface area (Å²) in [5.74, 6) is 1.59. The van der Waals surface area contributed by atoms with E-state index in [2.05, 4.69) is 39.5 Å². The van der Waals surface area contributed by atoms with Crippen molar-refractivity contribution < 1.29 is 4.74 Å². The molecule has 0 spiro atoms. The zero-order chi connectivity index (χ0) is 21.3. The third kappa shape index (κ3) is 4.21. The highest BCUT2D eigenvalue weighted by atomic mass is 32.2. The normalized spacial score (nSPS) is 13.6. The van der Waals surface area contributed by atoms with Crippen LogP contribution in [0.5, 0.6) is 5.75 Å². The van der Waals surface area contributed by atoms with Crippen LogP contribution < -0.4 is 10.3 Å². The molecule has 0 atom stereocenters. The first kappa shape index (κ1) is 21.2. The highest BCUT2D eigenvalue weighted by Gasteiger charge is 2.23. The number of fused-ring (bicyclic) bond motifs is 3. The molecule has 0 bridgehead atoms. The maximum Gasteiger partial charge on any atom is 0.263 e. The lowest BCUT2D eigenvalue weighted by molar-refractivity contribution is 0.343. The number of thioether (sulfide) groups is 1. The van der Waals surface area contributed by atoms with E-state index in [0.29, 0.717) is 13.2 Å². The first-order valence-electron chi connectivity index (χ1n) is 10.4. The van der Waals surface area contributed by atoms with Gasteiger partial charge in [0, 0.05) is 17.2 Å². The first-order chi connectivity index (χ1) is 14.4. The number of hydrogen-bond acceptors (Lipinski definition) is 5. The SMILES string of the molecule is C=CCn1c(SCCOc2ccc(C(C)(C)C)cc2)nc2sc3c(c2c1=O)CCC3. The van der Waals surface area contributed by atoms with E-state index in [-0.39, 0.29) is 11.0 Å². The van der Waals surface area contributed by atoms with Gasteiger partial charge in [0.05, 0.1) is 12.0 Å². The Balaban J connectivity index is 1.46. The van der Waals surface area contributed by atoms with E-state index >= 15 is 0 Å². The molecule has 1 aromatic carbocycles. The minimum atomic E-state index is 0.0699. The highest BCUT2D eigenvalue weighted by Crippen LogP contribution is 2.35. The van der Waals surface area contributed by atoms with Crippen molar-refractivity contribution in [2.45, 2.75) is 57.1 Å². The van der Waals surface area contributed by atoms with Gasteiger partial charge in [-0.15, -0.1) is 17.9 Å². The first-order valence-corrected chi connectivity index (χ1v) is 12.2. The highest BCUT2D eigenvalue weighted by molar-refractivity contribution is 7.99. The molecular formula is C24H28N2O2S2. The van der Waals surface area contributed by atoms with Crippen molar-refractivity contribution in [3.8, 4) is 5.75 Å². The predicted molar refractivity (Wildman–Crippen MR) is 127 cm³/mol. The van der Waals surface area contributed by atoms with E-state index in [0.717, 1.165) is 46.1 Å². The molecule has 0 aliphatic heterocycles. The Labute approximate surface area is 186 Å². The van der Waals surface area contributed by atoms with Crippen molar-refractivity contribution in [2.24, 2.45) is 0 Å². The Hall–Kier alpha value is -2.05. The smallest absolute Gasteiger partial charge is 0.263 e. The number of nitrogens with zero attached hydrogens (tertiary/aromatic N) is 2. The van der Waals surface area contributed by atoms with Crippen LogP contribution >= 0.6 is 23.1 Å². The van der Waals surface area contributed by atoms with Crippen LogP contribution in [-0.4, -0.2) is 21.9 Å². The van der Waals surface area contributed by atoms with E-state index < -0.39 is 0 Å². The zero-order valence-corrected chi connectivity index (χ0v) is 19.5. The second-order valence-electron chi connectivity index (χ2n) is 8.61. The quantitative estimate of drug-likeness (QED) is 0.208. The minimum Gasteiger partial charge on any atom is -0.493 e. The molecule has 158 valence electrons. The second-order valence-corrected chi connectivity index (χ2v) is 10.8. The molecule has 0 fully saturated rings. The fourth-order valence-corrected chi connectivity index (χ4v) is 5.93. The fraction of sp³-hybridized carbons (Fsp3) is 0.417. The van der Waals surface area contributed by atoms with Gasteiger partial charge in [-0.25, -0.2) is 4.98 Å². The monoisotopic (exact) mass is 440 g/mol. The molecule has 0 saturated carbocycles. The van der Waals surface area contributed by atoms with Crippen LogP contribution in [0.1, 0.15) is 43.2 Å². The molecule has 0 saturated heterocycles. The van der Waals surface area contributed by atoms with Crippen LogP contribution in [0, 0.1) is 0 Å². The van der Waals surface area contributed by atoms with E-state index in [1.54, 1.807) is 33.7 Å². The molecule has 1 aliphatic carbocycles. The average molecular weight is 441 g/mol. The van der Waals surface area contributed by atoms with Crippen LogP contribution in [0.15, 0.2) is 46.9 Å². The predicted octanol–water partition coefficient (Wildman–Crippen LogP) is 5.60. The van der Waals surface area contributed by atoms with Gasteiger partial charge in [0.2, 0.25) is 0 Å². The van der Waals surface area contributed by atoms with Crippen molar-refractivity contribution in [1.29, 1.82) is 0 Å². The van der Waals surface area contributed by atoms with Crippen molar-refractivity contribution in [1.82, 2.24) is 9.55 Å². The molecule has 0 radical (unpaired) electrons. The van der Waals surface area contributed by atoms with Crippen molar-refractivity contribution in [3.05, 3.63) is 63.3 Å². The van der Waals surface area contributed by atoms with Gasteiger partial charge in [-0.05, 0) is 47.9 Å². The number of aryl methyl sites for hydroxylation is 2. The maximum atomic E-state index is 13.2. The number of allylic oxidation sites excluding steroid dienone is 1. The average Bonchev–Trinajstić information content (AvgIpc) is 3.28. The van der Waals surface area contributed by atoms with Gasteiger partial charge in [-0.2, -0.15) is 0 Å². The molecule has 2 heterocycles. The van der Waals surface area contributed by atoms with Crippen LogP contribution in [0.25, 0.3) is 10.2 Å². The van der Waals surface area contributed by atoms with Crippen molar-refractivity contribution >= 4 is 33.3 Å². The minimum absolute atomic E-state index is 0.0699. The Morgan fingerprint density at radius 2 is 2.03 bits per heavy atom. The summed E-state index contributed by atoms with van der Waals surface area (Å²) in [6, 6.07) is 8.29. The lowest BCUT2D eigenvalue weighted by Gasteiger charge is -2.19. The number of benzene rings is 1. The number of rotatable bonds is 7. The summed E-state index contributed by atoms with van der Waals surface area (Å²) in [6.07, 6.45) is 4.97. The van der Waals surface area contributed by atoms with Gasteiger partial charge >= 0.3 is 0 Å². The van der Waals surface area contributed by atoms with Crippen LogP contribution in [0.4, 0.5) is 0 Å². The molecule has 1 aliphatic rings. The van der Waals surface area contributed by atoms with E-state index in [4.69, 9.17) is 9.72 Å². The molecular weight excluding hydrogens is 412 g/mol. The molecule has 4 rings (SSSR count). The van der Waals surface area contributed by atoms with Crippen LogP contribution in [-0.2, 0) is 24.8 Å². The third-order valence-corrected chi connectivity index (χ3v) is 7.53. The summed E-state index contributed by atoms with van der Waals surface area (Å²) in [7, 11) is 0. The summed E-state index contributed by atoms with van der Waals surface area (Å²) in [6.45, 7) is 11.5. The number of hydrogen-bond donors (Lipinski definition) is 0. The summed E-state index contributed by atoms with van der Waals surface area (Å²) >= 11 is 3.26. The Morgan fingerprint density at radius 1 is 1.27 bits per heavy atom. The molecule has 0 amide bonds. The standard InChI is InChI=1S/C24H28N2O2S2/c1-5-13-26-22(27)20-18-7-6-8-19(18)30-21(20)25-23(26)29-15-14-28-17-11-9-16(10-12-17)24(2,3)4/h5,9-12H,1,6-8,13-15H2,2-4H3. The molecule has 0 N–H and O–H groups in total. The van der Waals surface area contributed by atoms with Crippen LogP contribution in [0.3, 0.4) is 0 Å². The van der Waals surface area contributed by atoms with Gasteiger partial charge in [0.1, 0.15) is 10.6 Å². The summed E-state index contributed by atoms with van der Waals surface area (Å²) in [5.41, 5.74) is 2.72.